The van der Waals surface area contributed by atoms with Gasteiger partial charge in [0.2, 0.25) is 5.95 Å². The molecule has 1 amide bonds. The highest BCUT2D eigenvalue weighted by atomic mass is 19.3. The second kappa shape index (κ2) is 10.6. The number of benzene rings is 1. The summed E-state index contributed by atoms with van der Waals surface area (Å²) in [7, 11) is 1.57. The van der Waals surface area contributed by atoms with E-state index in [0.29, 0.717) is 18.9 Å². The van der Waals surface area contributed by atoms with Crippen molar-refractivity contribution in [3.05, 3.63) is 48.3 Å². The third kappa shape index (κ3) is 6.34. The quantitative estimate of drug-likeness (QED) is 0.591. The lowest BCUT2D eigenvalue weighted by Gasteiger charge is -2.33. The zero-order chi connectivity index (χ0) is 22.2. The fourth-order valence-corrected chi connectivity index (χ4v) is 3.33. The van der Waals surface area contributed by atoms with Crippen molar-refractivity contribution in [2.45, 2.75) is 38.5 Å². The number of esters is 1. The standard InChI is InChI=1S/C21H24F2N4O4/c1-26(13-15-6-8-16(9-7-15)31-20(22)23)18(28)14-30-19(29)17-5-2-3-12-27(17)21-24-10-4-11-25-21/h4,6-11,17,20H,2-3,5,12-14H2,1H3. The average molecular weight is 434 g/mol. The number of hydrogen-bond acceptors (Lipinski definition) is 7. The van der Waals surface area contributed by atoms with Gasteiger partial charge in [0.25, 0.3) is 5.91 Å². The molecular formula is C21H24F2N4O4. The molecule has 1 aromatic heterocycles. The first-order chi connectivity index (χ1) is 14.9. The molecule has 1 unspecified atom stereocenters. The Morgan fingerprint density at radius 3 is 2.58 bits per heavy atom. The highest BCUT2D eigenvalue weighted by Gasteiger charge is 2.32. The number of anilines is 1. The summed E-state index contributed by atoms with van der Waals surface area (Å²) in [6.45, 7) is -2.40. The molecule has 0 bridgehead atoms. The third-order valence-corrected chi connectivity index (χ3v) is 4.92. The number of piperidine rings is 1. The Morgan fingerprint density at radius 1 is 1.19 bits per heavy atom. The lowest BCUT2D eigenvalue weighted by molar-refractivity contribution is -0.153. The summed E-state index contributed by atoms with van der Waals surface area (Å²) in [5, 5.41) is 0. The van der Waals surface area contributed by atoms with Crippen molar-refractivity contribution in [2.75, 3.05) is 25.1 Å². The summed E-state index contributed by atoms with van der Waals surface area (Å²) in [6, 6.07) is 7.17. The highest BCUT2D eigenvalue weighted by molar-refractivity contribution is 5.84. The second-order valence-corrected chi connectivity index (χ2v) is 7.13. The molecule has 10 heteroatoms. The molecule has 1 aliphatic rings. The van der Waals surface area contributed by atoms with Gasteiger partial charge in [-0.25, -0.2) is 14.8 Å². The SMILES string of the molecule is CN(Cc1ccc(OC(F)F)cc1)C(=O)COC(=O)C1CCCCN1c1ncccn1. The van der Waals surface area contributed by atoms with Crippen molar-refractivity contribution in [1.82, 2.24) is 14.9 Å². The molecule has 166 valence electrons. The van der Waals surface area contributed by atoms with E-state index in [4.69, 9.17) is 4.74 Å². The maximum absolute atomic E-state index is 12.6. The lowest BCUT2D eigenvalue weighted by atomic mass is 10.0. The number of alkyl halides is 2. The molecule has 1 atom stereocenters. The van der Waals surface area contributed by atoms with Gasteiger partial charge in [-0.05, 0) is 43.0 Å². The van der Waals surface area contributed by atoms with Crippen molar-refractivity contribution in [3.8, 4) is 5.75 Å². The van der Waals surface area contributed by atoms with Crippen molar-refractivity contribution < 1.29 is 27.8 Å². The second-order valence-electron chi connectivity index (χ2n) is 7.13. The molecular weight excluding hydrogens is 410 g/mol. The predicted octanol–water partition coefficient (Wildman–Crippen LogP) is 2.64. The molecule has 2 aromatic rings. The molecule has 0 aliphatic carbocycles. The van der Waals surface area contributed by atoms with Crippen LogP contribution in [0.2, 0.25) is 0 Å². The zero-order valence-electron chi connectivity index (χ0n) is 17.1. The van der Waals surface area contributed by atoms with Crippen molar-refractivity contribution in [1.29, 1.82) is 0 Å². The van der Waals surface area contributed by atoms with Gasteiger partial charge in [-0.3, -0.25) is 4.79 Å². The summed E-state index contributed by atoms with van der Waals surface area (Å²) >= 11 is 0. The Morgan fingerprint density at radius 2 is 1.90 bits per heavy atom. The maximum Gasteiger partial charge on any atom is 0.387 e. The first kappa shape index (κ1) is 22.4. The van der Waals surface area contributed by atoms with E-state index in [1.165, 1.54) is 17.0 Å². The van der Waals surface area contributed by atoms with E-state index in [1.54, 1.807) is 37.6 Å². The molecule has 1 aromatic carbocycles. The van der Waals surface area contributed by atoms with Gasteiger partial charge in [0.15, 0.2) is 6.61 Å². The Kier molecular flexibility index (Phi) is 7.69. The highest BCUT2D eigenvalue weighted by Crippen LogP contribution is 2.22. The first-order valence-electron chi connectivity index (χ1n) is 9.92. The van der Waals surface area contributed by atoms with Gasteiger partial charge in [0.05, 0.1) is 0 Å². The van der Waals surface area contributed by atoms with E-state index in [1.807, 2.05) is 4.90 Å². The van der Waals surface area contributed by atoms with E-state index < -0.39 is 18.6 Å². The number of carbonyl (C=O) groups is 2. The number of nitrogens with zero attached hydrogens (tertiary/aromatic N) is 4. The molecule has 1 saturated heterocycles. The van der Waals surface area contributed by atoms with Crippen LogP contribution in [-0.4, -0.2) is 59.6 Å². The summed E-state index contributed by atoms with van der Waals surface area (Å²) in [5.74, 6) is -0.352. The first-order valence-corrected chi connectivity index (χ1v) is 9.92. The number of ether oxygens (including phenoxy) is 2. The van der Waals surface area contributed by atoms with Crippen LogP contribution in [0.5, 0.6) is 5.75 Å². The maximum atomic E-state index is 12.6. The van der Waals surface area contributed by atoms with Crippen LogP contribution in [0.3, 0.4) is 0 Å². The van der Waals surface area contributed by atoms with Gasteiger partial charge in [-0.15, -0.1) is 0 Å². The van der Waals surface area contributed by atoms with E-state index in [2.05, 4.69) is 14.7 Å². The van der Waals surface area contributed by atoms with Crippen molar-refractivity contribution in [3.63, 3.8) is 0 Å². The smallest absolute Gasteiger partial charge is 0.387 e. The van der Waals surface area contributed by atoms with Crippen LogP contribution >= 0.6 is 0 Å². The number of halogens is 2. The van der Waals surface area contributed by atoms with Gasteiger partial charge < -0.3 is 19.3 Å². The average Bonchev–Trinajstić information content (AvgIpc) is 2.78. The summed E-state index contributed by atoms with van der Waals surface area (Å²) in [4.78, 5) is 36.6. The number of hydrogen-bond donors (Lipinski definition) is 0. The molecule has 0 radical (unpaired) electrons. The van der Waals surface area contributed by atoms with Crippen LogP contribution in [0.15, 0.2) is 42.7 Å². The molecule has 31 heavy (non-hydrogen) atoms. The van der Waals surface area contributed by atoms with E-state index in [0.717, 1.165) is 18.4 Å². The number of amides is 1. The molecule has 1 fully saturated rings. The van der Waals surface area contributed by atoms with Crippen LogP contribution in [0, 0.1) is 0 Å². The van der Waals surface area contributed by atoms with E-state index in [-0.39, 0.29) is 24.8 Å². The lowest BCUT2D eigenvalue weighted by Crippen LogP contribution is -2.47. The van der Waals surface area contributed by atoms with Crippen molar-refractivity contribution in [2.24, 2.45) is 0 Å². The molecule has 8 nitrogen and oxygen atoms in total. The Labute approximate surface area is 178 Å². The van der Waals surface area contributed by atoms with Gasteiger partial charge in [0.1, 0.15) is 11.8 Å². The van der Waals surface area contributed by atoms with Gasteiger partial charge >= 0.3 is 12.6 Å². The van der Waals surface area contributed by atoms with Gasteiger partial charge in [-0.1, -0.05) is 12.1 Å². The Balaban J connectivity index is 1.51. The molecule has 3 rings (SSSR count). The van der Waals surface area contributed by atoms with E-state index >= 15 is 0 Å². The largest absolute Gasteiger partial charge is 0.454 e. The van der Waals surface area contributed by atoms with Crippen molar-refractivity contribution >= 4 is 17.8 Å². The zero-order valence-corrected chi connectivity index (χ0v) is 17.1. The van der Waals surface area contributed by atoms with E-state index in [9.17, 15) is 18.4 Å². The molecule has 0 saturated carbocycles. The fourth-order valence-electron chi connectivity index (χ4n) is 3.33. The summed E-state index contributed by atoms with van der Waals surface area (Å²) in [5.41, 5.74) is 0.725. The van der Waals surface area contributed by atoms with Crippen LogP contribution in [0.4, 0.5) is 14.7 Å². The normalized spacial score (nSPS) is 16.1. The minimum atomic E-state index is -2.89. The van der Waals surface area contributed by atoms with Gasteiger partial charge in [0, 0.05) is 32.5 Å². The van der Waals surface area contributed by atoms with Gasteiger partial charge in [-0.2, -0.15) is 8.78 Å². The molecule has 2 heterocycles. The van der Waals surface area contributed by atoms with Crippen LogP contribution in [0.25, 0.3) is 0 Å². The minimum Gasteiger partial charge on any atom is -0.454 e. The van der Waals surface area contributed by atoms with Crippen LogP contribution < -0.4 is 9.64 Å². The number of rotatable bonds is 8. The number of likely N-dealkylation sites (N-methyl/N-ethyl adjacent to an activating group) is 1. The molecule has 0 spiro atoms. The Hall–Kier alpha value is -3.30. The molecule has 1 aliphatic heterocycles. The Bertz CT molecular complexity index is 867. The summed E-state index contributed by atoms with van der Waals surface area (Å²) in [6.07, 6.45) is 5.63. The van der Waals surface area contributed by atoms with Crippen LogP contribution in [-0.2, 0) is 20.9 Å². The fraction of sp³-hybridized carbons (Fsp3) is 0.429. The predicted molar refractivity (Wildman–Crippen MR) is 108 cm³/mol. The topological polar surface area (TPSA) is 84.9 Å². The number of carbonyl (C=O) groups excluding carboxylic acids is 2. The summed E-state index contributed by atoms with van der Waals surface area (Å²) < 4.78 is 34.0. The monoisotopic (exact) mass is 434 g/mol. The minimum absolute atomic E-state index is 0.0427. The third-order valence-electron chi connectivity index (χ3n) is 4.92. The van der Waals surface area contributed by atoms with Crippen LogP contribution in [0.1, 0.15) is 24.8 Å². The molecule has 0 N–H and O–H groups in total. The number of aromatic nitrogens is 2.